The number of nitrogens with one attached hydrogen (secondary N) is 1. The molecule has 0 radical (unpaired) electrons. The topological polar surface area (TPSA) is 76.9 Å². The van der Waals surface area contributed by atoms with E-state index in [4.69, 9.17) is 0 Å². The van der Waals surface area contributed by atoms with E-state index >= 15 is 0 Å². The minimum absolute atomic E-state index is 0.154. The van der Waals surface area contributed by atoms with E-state index in [0.717, 1.165) is 16.1 Å². The molecule has 7 heteroatoms. The van der Waals surface area contributed by atoms with Gasteiger partial charge in [0.1, 0.15) is 9.88 Å². The quantitative estimate of drug-likeness (QED) is 0.519. The number of aromatic nitrogens is 3. The predicted octanol–water partition coefficient (Wildman–Crippen LogP) is 3.77. The molecular weight excluding hydrogens is 396 g/mol. The summed E-state index contributed by atoms with van der Waals surface area (Å²) in [7, 11) is 0. The number of carbonyl (C=O) groups excluding carboxylic acids is 1. The fraction of sp³-hybridized carbons (Fsp3) is 0.130. The zero-order valence-corrected chi connectivity index (χ0v) is 17.2. The Kier molecular flexibility index (Phi) is 5.81. The highest BCUT2D eigenvalue weighted by Crippen LogP contribution is 2.27. The number of nitrogens with zero attached hydrogens (tertiary/aromatic N) is 3. The molecule has 0 aliphatic heterocycles. The lowest BCUT2D eigenvalue weighted by molar-refractivity contribution is 0.0955. The van der Waals surface area contributed by atoms with Gasteiger partial charge in [-0.25, -0.2) is 9.97 Å². The molecule has 0 unspecified atom stereocenters. The van der Waals surface area contributed by atoms with Gasteiger partial charge in [0.15, 0.2) is 0 Å². The van der Waals surface area contributed by atoms with Crippen LogP contribution in [0.5, 0.6) is 0 Å². The van der Waals surface area contributed by atoms with Crippen molar-refractivity contribution in [2.75, 3.05) is 6.54 Å². The van der Waals surface area contributed by atoms with E-state index in [1.165, 1.54) is 28.3 Å². The van der Waals surface area contributed by atoms with Crippen LogP contribution in [0.25, 0.3) is 21.8 Å². The van der Waals surface area contributed by atoms with Crippen molar-refractivity contribution in [2.45, 2.75) is 13.5 Å². The number of hydrogen-bond donors (Lipinski definition) is 1. The van der Waals surface area contributed by atoms with Crippen LogP contribution >= 0.6 is 11.3 Å². The number of aryl methyl sites for hydroxylation is 1. The van der Waals surface area contributed by atoms with Gasteiger partial charge < -0.3 is 5.32 Å². The average Bonchev–Trinajstić information content (AvgIpc) is 3.18. The van der Waals surface area contributed by atoms with Crippen molar-refractivity contribution >= 4 is 17.2 Å². The summed E-state index contributed by atoms with van der Waals surface area (Å²) in [4.78, 5) is 34.4. The summed E-state index contributed by atoms with van der Waals surface area (Å²) in [5, 5.41) is 3.69. The minimum atomic E-state index is -0.186. The first-order valence-corrected chi connectivity index (χ1v) is 10.4. The van der Waals surface area contributed by atoms with E-state index in [1.54, 1.807) is 0 Å². The zero-order valence-electron chi connectivity index (χ0n) is 16.4. The third-order valence-electron chi connectivity index (χ3n) is 4.61. The Morgan fingerprint density at radius 1 is 1.03 bits per heavy atom. The van der Waals surface area contributed by atoms with Crippen LogP contribution in [0.4, 0.5) is 0 Å². The molecule has 2 aromatic carbocycles. The number of carbonyl (C=O) groups is 1. The molecule has 0 aliphatic carbocycles. The van der Waals surface area contributed by atoms with Gasteiger partial charge in [-0.05, 0) is 6.92 Å². The van der Waals surface area contributed by atoms with E-state index in [1.807, 2.05) is 67.6 Å². The molecule has 1 amide bonds. The van der Waals surface area contributed by atoms with Crippen molar-refractivity contribution in [3.8, 4) is 21.8 Å². The summed E-state index contributed by atoms with van der Waals surface area (Å²) in [6.07, 6.45) is 1.52. The number of benzene rings is 2. The lowest BCUT2D eigenvalue weighted by Crippen LogP contribution is -2.30. The maximum absolute atomic E-state index is 12.6. The van der Waals surface area contributed by atoms with Crippen LogP contribution in [-0.2, 0) is 6.54 Å². The average molecular weight is 417 g/mol. The fourth-order valence-corrected chi connectivity index (χ4v) is 4.03. The van der Waals surface area contributed by atoms with Gasteiger partial charge in [0.2, 0.25) is 0 Å². The summed E-state index contributed by atoms with van der Waals surface area (Å²) in [5.74, 6) is -0.186. The van der Waals surface area contributed by atoms with E-state index < -0.39 is 0 Å². The fourth-order valence-electron chi connectivity index (χ4n) is 3.04. The zero-order chi connectivity index (χ0) is 20.9. The maximum atomic E-state index is 12.6. The molecule has 0 saturated carbocycles. The highest BCUT2D eigenvalue weighted by molar-refractivity contribution is 7.17. The van der Waals surface area contributed by atoms with Gasteiger partial charge >= 0.3 is 0 Å². The molecule has 2 aromatic heterocycles. The highest BCUT2D eigenvalue weighted by Gasteiger charge is 2.16. The lowest BCUT2D eigenvalue weighted by Gasteiger charge is -2.08. The monoisotopic (exact) mass is 416 g/mol. The normalized spacial score (nSPS) is 10.7. The van der Waals surface area contributed by atoms with Crippen molar-refractivity contribution < 1.29 is 4.79 Å². The largest absolute Gasteiger partial charge is 0.349 e. The molecule has 0 atom stereocenters. The summed E-state index contributed by atoms with van der Waals surface area (Å²) in [6.45, 7) is 2.49. The smallest absolute Gasteiger partial charge is 0.263 e. The second-order valence-corrected chi connectivity index (χ2v) is 7.73. The lowest BCUT2D eigenvalue weighted by atomic mass is 10.1. The summed E-state index contributed by atoms with van der Waals surface area (Å²) >= 11 is 1.37. The van der Waals surface area contributed by atoms with Crippen LogP contribution in [0.15, 0.2) is 77.9 Å². The number of rotatable bonds is 6. The molecule has 0 spiro atoms. The second kappa shape index (κ2) is 8.84. The molecular formula is C23H20N4O2S. The van der Waals surface area contributed by atoms with Gasteiger partial charge in [0.25, 0.3) is 11.5 Å². The van der Waals surface area contributed by atoms with Crippen LogP contribution in [0.3, 0.4) is 0 Å². The second-order valence-electron chi connectivity index (χ2n) is 6.73. The number of thiazole rings is 1. The molecule has 0 fully saturated rings. The molecule has 6 nitrogen and oxygen atoms in total. The Balaban J connectivity index is 1.39. The SMILES string of the molecule is Cc1nc(-c2ccccc2)sc1C(=O)NCCn1cnc(-c2ccccc2)cc1=O. The van der Waals surface area contributed by atoms with E-state index in [9.17, 15) is 9.59 Å². The van der Waals surface area contributed by atoms with Crippen molar-refractivity contribution in [2.24, 2.45) is 0 Å². The predicted molar refractivity (Wildman–Crippen MR) is 119 cm³/mol. The van der Waals surface area contributed by atoms with Gasteiger partial charge in [-0.3, -0.25) is 14.2 Å². The standard InChI is InChI=1S/C23H20N4O2S/c1-16-21(30-23(26-16)18-10-6-3-7-11-18)22(29)24-12-13-27-15-25-19(14-20(27)28)17-8-4-2-5-9-17/h2-11,14-15H,12-13H2,1H3,(H,24,29). The van der Waals surface area contributed by atoms with Crippen molar-refractivity contribution in [1.82, 2.24) is 19.9 Å². The molecule has 2 heterocycles. The first kappa shape index (κ1) is 19.7. The van der Waals surface area contributed by atoms with Gasteiger partial charge in [0.05, 0.1) is 17.7 Å². The molecule has 0 saturated heterocycles. The molecule has 4 rings (SSSR count). The summed E-state index contributed by atoms with van der Waals surface area (Å²) < 4.78 is 1.49. The molecule has 4 aromatic rings. The molecule has 30 heavy (non-hydrogen) atoms. The van der Waals surface area contributed by atoms with Crippen LogP contribution < -0.4 is 10.9 Å². The minimum Gasteiger partial charge on any atom is -0.349 e. The summed E-state index contributed by atoms with van der Waals surface area (Å²) in [6, 6.07) is 20.8. The van der Waals surface area contributed by atoms with E-state index in [2.05, 4.69) is 15.3 Å². The third-order valence-corrected chi connectivity index (χ3v) is 5.82. The van der Waals surface area contributed by atoms with Crippen LogP contribution in [0, 0.1) is 6.92 Å². The summed E-state index contributed by atoms with van der Waals surface area (Å²) in [5.41, 5.74) is 3.06. The van der Waals surface area contributed by atoms with Crippen LogP contribution in [-0.4, -0.2) is 27.0 Å². The van der Waals surface area contributed by atoms with Crippen molar-refractivity contribution in [3.05, 3.63) is 94.0 Å². The van der Waals surface area contributed by atoms with E-state index in [0.29, 0.717) is 29.4 Å². The highest BCUT2D eigenvalue weighted by atomic mass is 32.1. The number of hydrogen-bond acceptors (Lipinski definition) is 5. The Morgan fingerprint density at radius 2 is 1.70 bits per heavy atom. The van der Waals surface area contributed by atoms with Crippen LogP contribution in [0.1, 0.15) is 15.4 Å². The van der Waals surface area contributed by atoms with Gasteiger partial charge in [-0.15, -0.1) is 11.3 Å². The maximum Gasteiger partial charge on any atom is 0.263 e. The Morgan fingerprint density at radius 3 is 2.37 bits per heavy atom. The molecule has 1 N–H and O–H groups in total. The van der Waals surface area contributed by atoms with Crippen LogP contribution in [0.2, 0.25) is 0 Å². The first-order chi connectivity index (χ1) is 14.6. The van der Waals surface area contributed by atoms with Crippen molar-refractivity contribution in [1.29, 1.82) is 0 Å². The number of amides is 1. The molecule has 0 aliphatic rings. The van der Waals surface area contributed by atoms with Crippen molar-refractivity contribution in [3.63, 3.8) is 0 Å². The van der Waals surface area contributed by atoms with E-state index in [-0.39, 0.29) is 11.5 Å². The van der Waals surface area contributed by atoms with Gasteiger partial charge in [-0.2, -0.15) is 0 Å². The molecule has 150 valence electrons. The van der Waals surface area contributed by atoms with Gasteiger partial charge in [-0.1, -0.05) is 60.7 Å². The third kappa shape index (κ3) is 4.36. The first-order valence-electron chi connectivity index (χ1n) is 9.55. The Bertz CT molecular complexity index is 1220. The molecule has 0 bridgehead atoms. The van der Waals surface area contributed by atoms with Gasteiger partial charge in [0, 0.05) is 30.3 Å². The Hall–Kier alpha value is -3.58. The Labute approximate surface area is 177 Å².